The molecule has 0 saturated carbocycles. The summed E-state index contributed by atoms with van der Waals surface area (Å²) in [6, 6.07) is 20.8. The third-order valence-electron chi connectivity index (χ3n) is 5.09. The maximum Gasteiger partial charge on any atom is 0.269 e. The van der Waals surface area contributed by atoms with Crippen molar-refractivity contribution in [1.82, 2.24) is 15.8 Å². The van der Waals surface area contributed by atoms with E-state index in [1.807, 2.05) is 0 Å². The summed E-state index contributed by atoms with van der Waals surface area (Å²) in [6.45, 7) is 3.96. The van der Waals surface area contributed by atoms with Crippen LogP contribution in [0.5, 0.6) is 5.75 Å². The number of benzene rings is 3. The fourth-order valence-corrected chi connectivity index (χ4v) is 3.46. The number of carbonyl (C=O) groups excluding carboxylic acids is 3. The van der Waals surface area contributed by atoms with Crippen molar-refractivity contribution >= 4 is 35.0 Å². The number of halogens is 1. The smallest absolute Gasteiger partial charge is 0.269 e. The summed E-state index contributed by atoms with van der Waals surface area (Å²) in [4.78, 5) is 38.4. The summed E-state index contributed by atoms with van der Waals surface area (Å²) in [6.07, 6.45) is 0. The van der Waals surface area contributed by atoms with E-state index >= 15 is 0 Å². The van der Waals surface area contributed by atoms with Crippen LogP contribution in [0.15, 0.2) is 79.4 Å². The van der Waals surface area contributed by atoms with Crippen LogP contribution in [0, 0.1) is 0 Å². The van der Waals surface area contributed by atoms with Crippen molar-refractivity contribution in [2.75, 3.05) is 6.54 Å². The number of hydrazine groups is 1. The zero-order valence-electron chi connectivity index (χ0n) is 17.5. The highest BCUT2D eigenvalue weighted by atomic mass is 35.5. The number of ether oxygens (including phenoxy) is 1. The van der Waals surface area contributed by atoms with Crippen LogP contribution in [0.25, 0.3) is 5.70 Å². The van der Waals surface area contributed by atoms with Crippen LogP contribution < -0.4 is 15.6 Å². The highest BCUT2D eigenvalue weighted by molar-refractivity contribution is 6.30. The van der Waals surface area contributed by atoms with Gasteiger partial charge >= 0.3 is 0 Å². The molecular formula is C25H20ClN3O4. The van der Waals surface area contributed by atoms with Gasteiger partial charge in [-0.3, -0.25) is 30.1 Å². The Hall–Kier alpha value is -4.10. The molecule has 0 atom stereocenters. The minimum atomic E-state index is -0.543. The Bertz CT molecular complexity index is 1190. The lowest BCUT2D eigenvalue weighted by Crippen LogP contribution is -2.46. The van der Waals surface area contributed by atoms with E-state index in [9.17, 15) is 14.4 Å². The minimum Gasteiger partial charge on any atom is -0.489 e. The molecule has 2 N–H and O–H groups in total. The van der Waals surface area contributed by atoms with E-state index in [4.69, 9.17) is 16.3 Å². The van der Waals surface area contributed by atoms with Crippen molar-refractivity contribution in [2.24, 2.45) is 0 Å². The molecule has 0 spiro atoms. The molecule has 0 fully saturated rings. The van der Waals surface area contributed by atoms with Crippen LogP contribution in [0.2, 0.25) is 5.02 Å². The van der Waals surface area contributed by atoms with E-state index in [0.717, 1.165) is 5.56 Å². The Kier molecular flexibility index (Phi) is 6.42. The van der Waals surface area contributed by atoms with Gasteiger partial charge < -0.3 is 4.74 Å². The first-order valence-corrected chi connectivity index (χ1v) is 10.5. The molecular weight excluding hydrogens is 442 g/mol. The standard InChI is InChI=1S/C25H20ClN3O4/c1-16-21-4-2-3-5-22(21)25(32)29(16)14-23(30)27-28-24(31)18-8-6-17(7-9-18)15-33-20-12-10-19(26)11-13-20/h2-13H,1,14-15H2,(H,27,30)(H,28,31). The Morgan fingerprint density at radius 3 is 2.24 bits per heavy atom. The van der Waals surface area contributed by atoms with Crippen molar-refractivity contribution < 1.29 is 19.1 Å². The molecule has 0 unspecified atom stereocenters. The summed E-state index contributed by atoms with van der Waals surface area (Å²) in [5.74, 6) is -0.637. The predicted octanol–water partition coefficient (Wildman–Crippen LogP) is 3.81. The average Bonchev–Trinajstić information content (AvgIpc) is 3.07. The number of hydrogen-bond acceptors (Lipinski definition) is 4. The molecule has 7 nitrogen and oxygen atoms in total. The van der Waals surface area contributed by atoms with Gasteiger partial charge in [0.15, 0.2) is 0 Å². The molecule has 33 heavy (non-hydrogen) atoms. The number of amides is 3. The topological polar surface area (TPSA) is 87.7 Å². The van der Waals surface area contributed by atoms with Gasteiger partial charge in [-0.25, -0.2) is 0 Å². The second kappa shape index (κ2) is 9.58. The highest BCUT2D eigenvalue weighted by Gasteiger charge is 2.31. The number of nitrogens with zero attached hydrogens (tertiary/aromatic N) is 1. The molecule has 0 aromatic heterocycles. The van der Waals surface area contributed by atoms with Crippen LogP contribution in [0.4, 0.5) is 0 Å². The molecule has 4 rings (SSSR count). The lowest BCUT2D eigenvalue weighted by molar-refractivity contribution is -0.122. The molecule has 3 aromatic rings. The van der Waals surface area contributed by atoms with Crippen LogP contribution in [0.3, 0.4) is 0 Å². The van der Waals surface area contributed by atoms with Gasteiger partial charge in [0, 0.05) is 27.4 Å². The molecule has 0 radical (unpaired) electrons. The second-order valence-corrected chi connectivity index (χ2v) is 7.76. The molecule has 1 aliphatic rings. The summed E-state index contributed by atoms with van der Waals surface area (Å²) >= 11 is 5.85. The van der Waals surface area contributed by atoms with Crippen molar-refractivity contribution in [3.63, 3.8) is 0 Å². The first-order valence-electron chi connectivity index (χ1n) is 10.1. The van der Waals surface area contributed by atoms with Gasteiger partial charge in [0.05, 0.1) is 0 Å². The lowest BCUT2D eigenvalue weighted by atomic mass is 10.1. The summed E-state index contributed by atoms with van der Waals surface area (Å²) in [5, 5.41) is 0.631. The fraction of sp³-hybridized carbons (Fsp3) is 0.0800. The van der Waals surface area contributed by atoms with Crippen molar-refractivity contribution in [1.29, 1.82) is 0 Å². The lowest BCUT2D eigenvalue weighted by Gasteiger charge is -2.17. The maximum absolute atomic E-state index is 12.5. The van der Waals surface area contributed by atoms with E-state index < -0.39 is 11.8 Å². The maximum atomic E-state index is 12.5. The van der Waals surface area contributed by atoms with Gasteiger partial charge in [-0.1, -0.05) is 48.5 Å². The van der Waals surface area contributed by atoms with Gasteiger partial charge in [-0.05, 0) is 48.0 Å². The van der Waals surface area contributed by atoms with E-state index in [2.05, 4.69) is 17.4 Å². The summed E-state index contributed by atoms with van der Waals surface area (Å²) in [5.41, 5.74) is 7.57. The minimum absolute atomic E-state index is 0.256. The van der Waals surface area contributed by atoms with Gasteiger partial charge in [-0.2, -0.15) is 0 Å². The van der Waals surface area contributed by atoms with E-state index in [-0.39, 0.29) is 12.5 Å². The Labute approximate surface area is 195 Å². The molecule has 1 heterocycles. The molecule has 166 valence electrons. The molecule has 1 aliphatic heterocycles. The fourth-order valence-electron chi connectivity index (χ4n) is 3.33. The Morgan fingerprint density at radius 2 is 1.58 bits per heavy atom. The third kappa shape index (κ3) is 5.05. The van der Waals surface area contributed by atoms with Crippen LogP contribution in [-0.2, 0) is 11.4 Å². The molecule has 8 heteroatoms. The molecule has 3 aromatic carbocycles. The van der Waals surface area contributed by atoms with Crippen molar-refractivity contribution in [3.05, 3.63) is 107 Å². The monoisotopic (exact) mass is 461 g/mol. The van der Waals surface area contributed by atoms with Gasteiger partial charge in [0.25, 0.3) is 17.7 Å². The molecule has 0 aliphatic carbocycles. The Morgan fingerprint density at radius 1 is 0.909 bits per heavy atom. The zero-order valence-corrected chi connectivity index (χ0v) is 18.3. The number of hydrogen-bond donors (Lipinski definition) is 2. The average molecular weight is 462 g/mol. The second-order valence-electron chi connectivity index (χ2n) is 7.33. The van der Waals surface area contributed by atoms with Crippen molar-refractivity contribution in [2.45, 2.75) is 6.61 Å². The largest absolute Gasteiger partial charge is 0.489 e. The predicted molar refractivity (Wildman–Crippen MR) is 124 cm³/mol. The van der Waals surface area contributed by atoms with E-state index in [1.54, 1.807) is 72.8 Å². The SMILES string of the molecule is C=C1c2ccccc2C(=O)N1CC(=O)NNC(=O)c1ccc(COc2ccc(Cl)cc2)cc1. The number of nitrogens with one attached hydrogen (secondary N) is 2. The normalized spacial score (nSPS) is 12.3. The molecule has 0 bridgehead atoms. The highest BCUT2D eigenvalue weighted by Crippen LogP contribution is 2.30. The first kappa shape index (κ1) is 22.1. The Balaban J connectivity index is 1.26. The van der Waals surface area contributed by atoms with Crippen LogP contribution >= 0.6 is 11.6 Å². The summed E-state index contributed by atoms with van der Waals surface area (Å²) < 4.78 is 5.67. The van der Waals surface area contributed by atoms with E-state index in [0.29, 0.717) is 39.8 Å². The number of carbonyl (C=O) groups is 3. The zero-order chi connectivity index (χ0) is 23.4. The van der Waals surface area contributed by atoms with E-state index in [1.165, 1.54) is 4.90 Å². The van der Waals surface area contributed by atoms with Crippen molar-refractivity contribution in [3.8, 4) is 5.75 Å². The van der Waals surface area contributed by atoms with Gasteiger partial charge in [0.1, 0.15) is 18.9 Å². The number of fused-ring (bicyclic) bond motifs is 1. The number of rotatable bonds is 6. The van der Waals surface area contributed by atoms with Crippen LogP contribution in [-0.4, -0.2) is 29.2 Å². The van der Waals surface area contributed by atoms with Gasteiger partial charge in [0.2, 0.25) is 0 Å². The quantitative estimate of drug-likeness (QED) is 0.546. The van der Waals surface area contributed by atoms with Gasteiger partial charge in [-0.15, -0.1) is 0 Å². The van der Waals surface area contributed by atoms with Crippen LogP contribution in [0.1, 0.15) is 31.8 Å². The third-order valence-corrected chi connectivity index (χ3v) is 5.34. The molecule has 3 amide bonds. The summed E-state index contributed by atoms with van der Waals surface area (Å²) in [7, 11) is 0. The molecule has 0 saturated heterocycles. The first-order chi connectivity index (χ1) is 15.9.